The Labute approximate surface area is 144 Å². The van der Waals surface area contributed by atoms with Gasteiger partial charge in [0.05, 0.1) is 11.1 Å². The molecule has 0 N–H and O–H groups in total. The third-order valence-electron chi connectivity index (χ3n) is 5.02. The van der Waals surface area contributed by atoms with Crippen molar-refractivity contribution in [3.63, 3.8) is 0 Å². The van der Waals surface area contributed by atoms with Crippen LogP contribution in [0.15, 0.2) is 23.4 Å². The molecule has 0 atom stereocenters. The van der Waals surface area contributed by atoms with Crippen LogP contribution in [0.5, 0.6) is 0 Å². The summed E-state index contributed by atoms with van der Waals surface area (Å²) in [5.41, 5.74) is 2.51. The Morgan fingerprint density at radius 1 is 1.08 bits per heavy atom. The van der Waals surface area contributed by atoms with Gasteiger partial charge in [0, 0.05) is 37.6 Å². The molecule has 3 aromatic rings. The molecule has 5 rings (SSSR count). The maximum absolute atomic E-state index is 5.06. The Bertz CT molecular complexity index is 851. The zero-order valence-electron chi connectivity index (χ0n) is 13.4. The van der Waals surface area contributed by atoms with Gasteiger partial charge in [0.1, 0.15) is 23.2 Å². The van der Waals surface area contributed by atoms with Crippen LogP contribution >= 0.6 is 11.3 Å². The number of rotatable bonds is 3. The fourth-order valence-corrected chi connectivity index (χ4v) is 5.04. The van der Waals surface area contributed by atoms with Crippen LogP contribution in [0.4, 0.5) is 5.82 Å². The van der Waals surface area contributed by atoms with E-state index < -0.39 is 0 Å². The summed E-state index contributed by atoms with van der Waals surface area (Å²) in [6.45, 7) is 4.88. The van der Waals surface area contributed by atoms with Gasteiger partial charge in [-0.25, -0.2) is 15.0 Å². The van der Waals surface area contributed by atoms with Crippen LogP contribution in [0.1, 0.15) is 22.6 Å². The lowest BCUT2D eigenvalue weighted by Crippen LogP contribution is -2.46. The second-order valence-electron chi connectivity index (χ2n) is 6.48. The first-order valence-corrected chi connectivity index (χ1v) is 9.30. The van der Waals surface area contributed by atoms with Crippen molar-refractivity contribution in [2.24, 2.45) is 0 Å². The monoisotopic (exact) mass is 341 g/mol. The minimum atomic E-state index is 0.859. The highest BCUT2D eigenvalue weighted by molar-refractivity contribution is 7.19. The lowest BCUT2D eigenvalue weighted by Gasteiger charge is -2.35. The lowest BCUT2D eigenvalue weighted by molar-refractivity contribution is 0.246. The van der Waals surface area contributed by atoms with E-state index in [1.807, 2.05) is 11.3 Å². The fourth-order valence-electron chi connectivity index (χ4n) is 3.81. The molecule has 1 aliphatic carbocycles. The van der Waals surface area contributed by atoms with Crippen LogP contribution in [-0.2, 0) is 19.4 Å². The molecule has 0 aromatic carbocycles. The van der Waals surface area contributed by atoms with Crippen LogP contribution < -0.4 is 4.90 Å². The molecule has 0 amide bonds. The van der Waals surface area contributed by atoms with Crippen LogP contribution in [-0.4, -0.2) is 46.0 Å². The maximum Gasteiger partial charge on any atom is 0.180 e. The average Bonchev–Trinajstić information content (AvgIpc) is 3.32. The van der Waals surface area contributed by atoms with Crippen LogP contribution in [0, 0.1) is 0 Å². The van der Waals surface area contributed by atoms with Gasteiger partial charge in [-0.2, -0.15) is 0 Å². The smallest absolute Gasteiger partial charge is 0.180 e. The van der Waals surface area contributed by atoms with E-state index >= 15 is 0 Å². The highest BCUT2D eigenvalue weighted by Crippen LogP contribution is 2.40. The molecule has 3 aromatic heterocycles. The molecule has 0 spiro atoms. The first-order chi connectivity index (χ1) is 11.9. The molecule has 6 nitrogen and oxygen atoms in total. The van der Waals surface area contributed by atoms with E-state index in [1.165, 1.54) is 41.5 Å². The largest absolute Gasteiger partial charge is 0.451 e. The molecule has 1 fully saturated rings. The van der Waals surface area contributed by atoms with Gasteiger partial charge in [0.25, 0.3) is 0 Å². The van der Waals surface area contributed by atoms with E-state index in [2.05, 4.69) is 24.8 Å². The topological polar surface area (TPSA) is 58.3 Å². The van der Waals surface area contributed by atoms with Gasteiger partial charge in [-0.1, -0.05) is 0 Å². The summed E-state index contributed by atoms with van der Waals surface area (Å²) in [5.74, 6) is 1.14. The standard InChI is InChI=1S/C17H19N5OS/c1-2-13-14(3-1)24-17-15(13)16(18-10-19-17)22-6-4-21(5-7-22)8-12-9-23-11-20-12/h9-11H,1-8H2. The van der Waals surface area contributed by atoms with Crippen molar-refractivity contribution in [2.45, 2.75) is 25.8 Å². The summed E-state index contributed by atoms with van der Waals surface area (Å²) in [5, 5.41) is 1.32. The number of oxazole rings is 1. The molecule has 0 unspecified atom stereocenters. The van der Waals surface area contributed by atoms with E-state index in [0.717, 1.165) is 49.1 Å². The summed E-state index contributed by atoms with van der Waals surface area (Å²) in [6.07, 6.45) is 8.63. The van der Waals surface area contributed by atoms with Gasteiger partial charge in [0.2, 0.25) is 0 Å². The maximum atomic E-state index is 5.06. The minimum absolute atomic E-state index is 0.859. The van der Waals surface area contributed by atoms with Crippen molar-refractivity contribution in [3.8, 4) is 0 Å². The molecule has 24 heavy (non-hydrogen) atoms. The van der Waals surface area contributed by atoms with Gasteiger partial charge in [-0.05, 0) is 24.8 Å². The lowest BCUT2D eigenvalue weighted by atomic mass is 10.1. The molecule has 1 saturated heterocycles. The number of nitrogens with zero attached hydrogens (tertiary/aromatic N) is 5. The fraction of sp³-hybridized carbons (Fsp3) is 0.471. The Balaban J connectivity index is 1.37. The second kappa shape index (κ2) is 5.82. The Kier molecular flexibility index (Phi) is 3.48. The molecule has 0 saturated carbocycles. The molecule has 1 aliphatic heterocycles. The Hall–Kier alpha value is -1.99. The summed E-state index contributed by atoms with van der Waals surface area (Å²) in [6, 6.07) is 0. The molecule has 4 heterocycles. The summed E-state index contributed by atoms with van der Waals surface area (Å²) in [7, 11) is 0. The average molecular weight is 341 g/mol. The highest BCUT2D eigenvalue weighted by atomic mass is 32.1. The first kappa shape index (κ1) is 14.4. The van der Waals surface area contributed by atoms with Crippen molar-refractivity contribution in [2.75, 3.05) is 31.1 Å². The summed E-state index contributed by atoms with van der Waals surface area (Å²) in [4.78, 5) is 20.9. The van der Waals surface area contributed by atoms with E-state index in [9.17, 15) is 0 Å². The molecular weight excluding hydrogens is 322 g/mol. The summed E-state index contributed by atoms with van der Waals surface area (Å²) >= 11 is 1.86. The van der Waals surface area contributed by atoms with Gasteiger partial charge in [0.15, 0.2) is 6.39 Å². The van der Waals surface area contributed by atoms with E-state index in [1.54, 1.807) is 12.6 Å². The normalized spacial score (nSPS) is 18.4. The molecule has 0 radical (unpaired) electrons. The van der Waals surface area contributed by atoms with Crippen LogP contribution in [0.3, 0.4) is 0 Å². The third-order valence-corrected chi connectivity index (χ3v) is 6.22. The molecule has 7 heteroatoms. The quantitative estimate of drug-likeness (QED) is 0.729. The number of hydrogen-bond acceptors (Lipinski definition) is 7. The minimum Gasteiger partial charge on any atom is -0.451 e. The van der Waals surface area contributed by atoms with Crippen molar-refractivity contribution >= 4 is 27.4 Å². The predicted octanol–water partition coefficient (Wildman–Crippen LogP) is 2.49. The van der Waals surface area contributed by atoms with E-state index in [-0.39, 0.29) is 0 Å². The van der Waals surface area contributed by atoms with Gasteiger partial charge in [-0.3, -0.25) is 4.90 Å². The third kappa shape index (κ3) is 2.39. The van der Waals surface area contributed by atoms with Crippen molar-refractivity contribution in [1.82, 2.24) is 19.9 Å². The Morgan fingerprint density at radius 3 is 2.83 bits per heavy atom. The SMILES string of the molecule is c1nc(N2CCN(Cc3cocn3)CC2)c2c3c(sc2n1)CCC3. The zero-order valence-corrected chi connectivity index (χ0v) is 14.3. The number of aromatic nitrogens is 3. The van der Waals surface area contributed by atoms with Gasteiger partial charge >= 0.3 is 0 Å². The first-order valence-electron chi connectivity index (χ1n) is 8.48. The van der Waals surface area contributed by atoms with E-state index in [0.29, 0.717) is 0 Å². The van der Waals surface area contributed by atoms with Gasteiger partial charge < -0.3 is 9.32 Å². The Morgan fingerprint density at radius 2 is 2.00 bits per heavy atom. The number of thiophene rings is 1. The number of anilines is 1. The molecular formula is C17H19N5OS. The van der Waals surface area contributed by atoms with Crippen LogP contribution in [0.25, 0.3) is 10.2 Å². The van der Waals surface area contributed by atoms with E-state index in [4.69, 9.17) is 4.42 Å². The van der Waals surface area contributed by atoms with Crippen molar-refractivity contribution in [1.29, 1.82) is 0 Å². The highest BCUT2D eigenvalue weighted by Gasteiger charge is 2.25. The molecule has 124 valence electrons. The molecule has 2 aliphatic rings. The predicted molar refractivity (Wildman–Crippen MR) is 93.4 cm³/mol. The zero-order chi connectivity index (χ0) is 15.9. The number of aryl methyl sites for hydroxylation is 2. The summed E-state index contributed by atoms with van der Waals surface area (Å²) < 4.78 is 5.06. The second-order valence-corrected chi connectivity index (χ2v) is 7.56. The molecule has 0 bridgehead atoms. The van der Waals surface area contributed by atoms with Crippen molar-refractivity contribution < 1.29 is 4.42 Å². The number of piperazine rings is 1. The van der Waals surface area contributed by atoms with Crippen molar-refractivity contribution in [3.05, 3.63) is 35.1 Å². The van der Waals surface area contributed by atoms with Crippen LogP contribution in [0.2, 0.25) is 0 Å². The number of hydrogen-bond donors (Lipinski definition) is 0. The van der Waals surface area contributed by atoms with Gasteiger partial charge in [-0.15, -0.1) is 11.3 Å². The number of fused-ring (bicyclic) bond motifs is 3.